The summed E-state index contributed by atoms with van der Waals surface area (Å²) in [5.74, 6) is -9.20. The molecular formula is C12H9F4NO4. The second-order valence-corrected chi connectivity index (χ2v) is 4.36. The summed E-state index contributed by atoms with van der Waals surface area (Å²) < 4.78 is 57.5. The van der Waals surface area contributed by atoms with Gasteiger partial charge in [0.25, 0.3) is 5.91 Å². The van der Waals surface area contributed by atoms with Gasteiger partial charge >= 0.3 is 5.97 Å². The Morgan fingerprint density at radius 1 is 1.10 bits per heavy atom. The first kappa shape index (κ1) is 15.2. The number of aliphatic carboxylic acids is 1. The molecule has 0 unspecified atom stereocenters. The van der Waals surface area contributed by atoms with Gasteiger partial charge in [0.05, 0.1) is 0 Å². The molecule has 1 saturated heterocycles. The summed E-state index contributed by atoms with van der Waals surface area (Å²) in [6, 6.07) is 0.00680. The molecule has 0 bridgehead atoms. The van der Waals surface area contributed by atoms with E-state index in [2.05, 4.69) is 0 Å². The molecular weight excluding hydrogens is 298 g/mol. The van der Waals surface area contributed by atoms with E-state index in [1.807, 2.05) is 0 Å². The molecule has 2 N–H and O–H groups in total. The molecule has 0 saturated carbocycles. The second-order valence-electron chi connectivity index (χ2n) is 4.36. The number of carbonyl (C=O) groups is 2. The van der Waals surface area contributed by atoms with E-state index in [1.54, 1.807) is 5.32 Å². The van der Waals surface area contributed by atoms with E-state index in [1.165, 1.54) is 0 Å². The van der Waals surface area contributed by atoms with Crippen molar-refractivity contribution in [2.75, 3.05) is 5.32 Å². The van der Waals surface area contributed by atoms with Gasteiger partial charge in [0, 0.05) is 6.07 Å². The van der Waals surface area contributed by atoms with Crippen molar-refractivity contribution >= 4 is 17.6 Å². The number of hydrogen-bond donors (Lipinski definition) is 2. The first-order valence-corrected chi connectivity index (χ1v) is 5.83. The molecule has 0 spiro atoms. The lowest BCUT2D eigenvalue weighted by atomic mass is 10.2. The van der Waals surface area contributed by atoms with Gasteiger partial charge in [0.2, 0.25) is 0 Å². The molecule has 1 aliphatic rings. The first-order chi connectivity index (χ1) is 9.81. The number of amides is 1. The quantitative estimate of drug-likeness (QED) is 0.660. The zero-order valence-corrected chi connectivity index (χ0v) is 10.3. The predicted molar refractivity (Wildman–Crippen MR) is 60.4 cm³/mol. The van der Waals surface area contributed by atoms with Crippen LogP contribution in [0.1, 0.15) is 12.8 Å². The number of anilines is 1. The Kier molecular flexibility index (Phi) is 4.12. The predicted octanol–water partition coefficient (Wildman–Crippen LogP) is 1.81. The summed E-state index contributed by atoms with van der Waals surface area (Å²) in [4.78, 5) is 22.4. The Bertz CT molecular complexity index is 581. The minimum Gasteiger partial charge on any atom is -0.479 e. The topological polar surface area (TPSA) is 75.6 Å². The Morgan fingerprint density at radius 3 is 2.10 bits per heavy atom. The van der Waals surface area contributed by atoms with Gasteiger partial charge in [0.1, 0.15) is 11.8 Å². The Labute approximate surface area is 115 Å². The number of benzene rings is 1. The van der Waals surface area contributed by atoms with Crippen LogP contribution in [0.4, 0.5) is 23.2 Å². The third-order valence-corrected chi connectivity index (χ3v) is 2.95. The average Bonchev–Trinajstić information content (AvgIpc) is 2.91. The Hall–Kier alpha value is -2.16. The van der Waals surface area contributed by atoms with Crippen molar-refractivity contribution in [1.29, 1.82) is 0 Å². The zero-order chi connectivity index (χ0) is 15.7. The number of nitrogens with one attached hydrogen (secondary N) is 1. The van der Waals surface area contributed by atoms with Gasteiger partial charge in [0.15, 0.2) is 29.4 Å². The van der Waals surface area contributed by atoms with Crippen molar-refractivity contribution in [3.8, 4) is 0 Å². The highest BCUT2D eigenvalue weighted by Crippen LogP contribution is 2.26. The van der Waals surface area contributed by atoms with E-state index >= 15 is 0 Å². The van der Waals surface area contributed by atoms with Crippen LogP contribution >= 0.6 is 0 Å². The number of rotatable bonds is 3. The fourth-order valence-corrected chi connectivity index (χ4v) is 1.90. The van der Waals surface area contributed by atoms with Crippen LogP contribution in [0, 0.1) is 23.3 Å². The van der Waals surface area contributed by atoms with E-state index in [0.717, 1.165) is 0 Å². The van der Waals surface area contributed by atoms with Crippen molar-refractivity contribution < 1.29 is 37.0 Å². The summed E-state index contributed by atoms with van der Waals surface area (Å²) >= 11 is 0. The molecule has 0 aromatic heterocycles. The van der Waals surface area contributed by atoms with Crippen molar-refractivity contribution in [1.82, 2.24) is 0 Å². The molecule has 2 atom stereocenters. The van der Waals surface area contributed by atoms with Gasteiger partial charge < -0.3 is 15.2 Å². The smallest absolute Gasteiger partial charge is 0.332 e. The minimum atomic E-state index is -1.75. The molecule has 5 nitrogen and oxygen atoms in total. The van der Waals surface area contributed by atoms with Crippen LogP contribution in [-0.2, 0) is 14.3 Å². The summed E-state index contributed by atoms with van der Waals surface area (Å²) in [6.45, 7) is 0. The maximum Gasteiger partial charge on any atom is 0.332 e. The lowest BCUT2D eigenvalue weighted by Crippen LogP contribution is -2.30. The maximum absolute atomic E-state index is 13.4. The molecule has 21 heavy (non-hydrogen) atoms. The highest BCUT2D eigenvalue weighted by atomic mass is 19.2. The van der Waals surface area contributed by atoms with Gasteiger partial charge in [-0.3, -0.25) is 4.79 Å². The largest absolute Gasteiger partial charge is 0.479 e. The van der Waals surface area contributed by atoms with E-state index in [0.29, 0.717) is 0 Å². The van der Waals surface area contributed by atoms with Crippen LogP contribution in [-0.4, -0.2) is 29.2 Å². The fraction of sp³-hybridized carbons (Fsp3) is 0.333. The molecule has 0 radical (unpaired) electrons. The third kappa shape index (κ3) is 2.97. The van der Waals surface area contributed by atoms with Crippen LogP contribution in [0.15, 0.2) is 6.07 Å². The Balaban J connectivity index is 2.16. The van der Waals surface area contributed by atoms with E-state index in [-0.39, 0.29) is 18.9 Å². The van der Waals surface area contributed by atoms with Gasteiger partial charge in [-0.05, 0) is 12.8 Å². The van der Waals surface area contributed by atoms with Gasteiger partial charge in [-0.25, -0.2) is 22.4 Å². The monoisotopic (exact) mass is 307 g/mol. The van der Waals surface area contributed by atoms with Gasteiger partial charge in [-0.1, -0.05) is 0 Å². The molecule has 1 amide bonds. The first-order valence-electron chi connectivity index (χ1n) is 5.83. The number of carboxylic acids is 1. The maximum atomic E-state index is 13.4. The van der Waals surface area contributed by atoms with E-state index in [4.69, 9.17) is 9.84 Å². The van der Waals surface area contributed by atoms with Crippen LogP contribution < -0.4 is 5.32 Å². The molecule has 1 aromatic rings. The molecule has 1 aliphatic heterocycles. The molecule has 1 heterocycles. The van der Waals surface area contributed by atoms with Gasteiger partial charge in [-0.15, -0.1) is 0 Å². The van der Waals surface area contributed by atoms with Crippen molar-refractivity contribution in [3.63, 3.8) is 0 Å². The fourth-order valence-electron chi connectivity index (χ4n) is 1.90. The van der Waals surface area contributed by atoms with Crippen LogP contribution in [0.5, 0.6) is 0 Å². The highest BCUT2D eigenvalue weighted by molar-refractivity contribution is 5.95. The Morgan fingerprint density at radius 2 is 1.62 bits per heavy atom. The lowest BCUT2D eigenvalue weighted by molar-refractivity contribution is -0.150. The van der Waals surface area contributed by atoms with Crippen molar-refractivity contribution in [2.45, 2.75) is 25.0 Å². The number of hydrogen-bond acceptors (Lipinski definition) is 3. The summed E-state index contributed by atoms with van der Waals surface area (Å²) in [5, 5.41) is 10.4. The van der Waals surface area contributed by atoms with Gasteiger partial charge in [-0.2, -0.15) is 0 Å². The SMILES string of the molecule is O=C(Nc1c(F)c(F)cc(F)c1F)[C@@H]1CC[C@H](C(=O)O)O1. The molecule has 0 aliphatic carbocycles. The average molecular weight is 307 g/mol. The van der Waals surface area contributed by atoms with Crippen LogP contribution in [0.2, 0.25) is 0 Å². The molecule has 1 aromatic carbocycles. The third-order valence-electron chi connectivity index (χ3n) is 2.95. The number of ether oxygens (including phenoxy) is 1. The van der Waals surface area contributed by atoms with Crippen molar-refractivity contribution in [2.24, 2.45) is 0 Å². The normalized spacial score (nSPS) is 21.3. The highest BCUT2D eigenvalue weighted by Gasteiger charge is 2.35. The standard InChI is InChI=1S/C12H9F4NO4/c13-4-3-5(14)9(16)10(8(4)15)17-11(18)6-1-2-7(21-6)12(19)20/h3,6-7H,1-2H2,(H,17,18)(H,19,20)/t6-,7+/m0/s1. The summed E-state index contributed by atoms with van der Waals surface area (Å²) in [7, 11) is 0. The number of carbonyl (C=O) groups excluding carboxylic acids is 1. The summed E-state index contributed by atoms with van der Waals surface area (Å²) in [6.07, 6.45) is -2.43. The minimum absolute atomic E-state index is 0.00381. The van der Waals surface area contributed by atoms with Crippen molar-refractivity contribution in [3.05, 3.63) is 29.3 Å². The molecule has 9 heteroatoms. The second kappa shape index (κ2) is 5.68. The summed E-state index contributed by atoms with van der Waals surface area (Å²) in [5.41, 5.74) is -1.28. The lowest BCUT2D eigenvalue weighted by Gasteiger charge is -2.13. The molecule has 114 valence electrons. The molecule has 1 fully saturated rings. The number of halogens is 4. The number of carboxylic acid groups (broad SMARTS) is 1. The van der Waals surface area contributed by atoms with E-state index in [9.17, 15) is 27.2 Å². The molecule has 2 rings (SSSR count). The van der Waals surface area contributed by atoms with Crippen LogP contribution in [0.3, 0.4) is 0 Å². The van der Waals surface area contributed by atoms with E-state index < -0.39 is 53.0 Å². The zero-order valence-electron chi connectivity index (χ0n) is 10.3. The van der Waals surface area contributed by atoms with Crippen LogP contribution in [0.25, 0.3) is 0 Å².